The summed E-state index contributed by atoms with van der Waals surface area (Å²) >= 11 is 0. The van der Waals surface area contributed by atoms with Gasteiger partial charge in [0.15, 0.2) is 6.61 Å². The fourth-order valence-corrected chi connectivity index (χ4v) is 4.04. The predicted molar refractivity (Wildman–Crippen MR) is 104 cm³/mol. The molecule has 1 aromatic rings. The fourth-order valence-electron chi connectivity index (χ4n) is 4.04. The topological polar surface area (TPSA) is 146 Å². The molecule has 1 fully saturated rings. The minimum Gasteiger partial charge on any atom is -0.462 e. The first-order chi connectivity index (χ1) is 14.1. The van der Waals surface area contributed by atoms with Gasteiger partial charge in [0, 0.05) is 34.6 Å². The second-order valence-corrected chi connectivity index (χ2v) is 7.57. The average Bonchev–Trinajstić information content (AvgIpc) is 3.08. The van der Waals surface area contributed by atoms with Crippen molar-refractivity contribution in [3.05, 3.63) is 32.6 Å². The molecular weight excluding hydrogens is 396 g/mol. The first-order valence-electron chi connectivity index (χ1n) is 9.76. The molecule has 3 atom stereocenters. The van der Waals surface area contributed by atoms with Crippen LogP contribution in [-0.4, -0.2) is 53.2 Å². The number of aryl methyl sites for hydroxylation is 2. The van der Waals surface area contributed by atoms with E-state index < -0.39 is 47.6 Å². The Kier molecular flexibility index (Phi) is 7.47. The summed E-state index contributed by atoms with van der Waals surface area (Å²) in [5.41, 5.74) is 1.10. The molecule has 2 rings (SSSR count). The second kappa shape index (κ2) is 9.64. The maximum absolute atomic E-state index is 12.6. The molecule has 30 heavy (non-hydrogen) atoms. The van der Waals surface area contributed by atoms with Gasteiger partial charge in [0.05, 0.1) is 24.2 Å². The van der Waals surface area contributed by atoms with Crippen molar-refractivity contribution < 1.29 is 33.6 Å². The third-order valence-corrected chi connectivity index (χ3v) is 5.43. The van der Waals surface area contributed by atoms with Gasteiger partial charge in [0.25, 0.3) is 0 Å². The van der Waals surface area contributed by atoms with E-state index in [1.54, 1.807) is 27.7 Å². The Hall–Kier alpha value is -3.04. The molecule has 0 unspecified atom stereocenters. The number of carbonyl (C=O) groups is 4. The summed E-state index contributed by atoms with van der Waals surface area (Å²) in [5, 5.41) is 10.9. The maximum Gasteiger partial charge on any atom is 0.340 e. The summed E-state index contributed by atoms with van der Waals surface area (Å²) in [5.74, 6) is -3.76. The van der Waals surface area contributed by atoms with Crippen molar-refractivity contribution in [3.8, 4) is 0 Å². The van der Waals surface area contributed by atoms with Gasteiger partial charge in [-0.2, -0.15) is 0 Å². The second-order valence-electron chi connectivity index (χ2n) is 7.57. The lowest BCUT2D eigenvalue weighted by molar-refractivity contribution is -0.490. The third-order valence-electron chi connectivity index (χ3n) is 5.43. The highest BCUT2D eigenvalue weighted by Crippen LogP contribution is 2.36. The molecule has 10 nitrogen and oxygen atoms in total. The number of H-pyrrole nitrogens is 1. The molecular formula is C20H26N2O8. The van der Waals surface area contributed by atoms with Crippen LogP contribution in [0.2, 0.25) is 0 Å². The van der Waals surface area contributed by atoms with E-state index in [4.69, 9.17) is 9.47 Å². The van der Waals surface area contributed by atoms with E-state index in [0.29, 0.717) is 11.4 Å². The van der Waals surface area contributed by atoms with Gasteiger partial charge in [0.1, 0.15) is 5.78 Å². The summed E-state index contributed by atoms with van der Waals surface area (Å²) in [7, 11) is 0. The van der Waals surface area contributed by atoms with E-state index in [2.05, 4.69) is 4.98 Å². The Morgan fingerprint density at radius 3 is 2.40 bits per heavy atom. The molecule has 164 valence electrons. The van der Waals surface area contributed by atoms with Gasteiger partial charge >= 0.3 is 11.9 Å². The van der Waals surface area contributed by atoms with Crippen molar-refractivity contribution in [1.29, 1.82) is 0 Å². The number of aromatic amines is 1. The number of ether oxygens (including phenoxy) is 2. The van der Waals surface area contributed by atoms with E-state index in [1.807, 2.05) is 0 Å². The third kappa shape index (κ3) is 5.11. The number of rotatable bonds is 9. The molecule has 1 aliphatic carbocycles. The van der Waals surface area contributed by atoms with E-state index in [-0.39, 0.29) is 42.3 Å². The summed E-state index contributed by atoms with van der Waals surface area (Å²) in [6.07, 6.45) is -0.134. The van der Waals surface area contributed by atoms with Crippen molar-refractivity contribution in [1.82, 2.24) is 4.98 Å². The molecule has 0 amide bonds. The Bertz CT molecular complexity index is 872. The van der Waals surface area contributed by atoms with Crippen LogP contribution in [0.25, 0.3) is 0 Å². The Balaban J connectivity index is 2.05. The number of hydrogen-bond acceptors (Lipinski definition) is 8. The first-order valence-corrected chi connectivity index (χ1v) is 9.76. The van der Waals surface area contributed by atoms with Crippen LogP contribution in [0, 0.1) is 41.7 Å². The SMILES string of the molecule is CCOC(=O)c1c(C)[nH]c(C)c1C(=O)COC(=O)C[C@H]1C(=O)C[C@@H](C)[C@H]1C[N+](=O)[O-]. The smallest absolute Gasteiger partial charge is 0.340 e. The van der Waals surface area contributed by atoms with Crippen molar-refractivity contribution in [2.45, 2.75) is 40.5 Å². The van der Waals surface area contributed by atoms with Crippen molar-refractivity contribution in [3.63, 3.8) is 0 Å². The maximum atomic E-state index is 12.6. The quantitative estimate of drug-likeness (QED) is 0.275. The summed E-state index contributed by atoms with van der Waals surface area (Å²) in [4.78, 5) is 62.5. The van der Waals surface area contributed by atoms with Gasteiger partial charge in [-0.05, 0) is 26.7 Å². The molecule has 10 heteroatoms. The minimum atomic E-state index is -0.792. The Morgan fingerprint density at radius 2 is 1.80 bits per heavy atom. The van der Waals surface area contributed by atoms with Crippen LogP contribution in [0.1, 0.15) is 58.8 Å². The minimum absolute atomic E-state index is 0.0931. The number of Topliss-reactive ketones (excluding diaryl/α,β-unsaturated/α-hetero) is 2. The van der Waals surface area contributed by atoms with Gasteiger partial charge in [-0.1, -0.05) is 6.92 Å². The average molecular weight is 422 g/mol. The number of nitrogens with one attached hydrogen (secondary N) is 1. The predicted octanol–water partition coefficient (Wildman–Crippen LogP) is 2.04. The zero-order valence-corrected chi connectivity index (χ0v) is 17.5. The summed E-state index contributed by atoms with van der Waals surface area (Å²) in [6, 6.07) is 0. The van der Waals surface area contributed by atoms with E-state index in [0.717, 1.165) is 0 Å². The van der Waals surface area contributed by atoms with Gasteiger partial charge in [0.2, 0.25) is 12.3 Å². The van der Waals surface area contributed by atoms with Crippen LogP contribution < -0.4 is 0 Å². The van der Waals surface area contributed by atoms with Crippen LogP contribution in [0.3, 0.4) is 0 Å². The van der Waals surface area contributed by atoms with E-state index >= 15 is 0 Å². The number of carbonyl (C=O) groups excluding carboxylic acids is 4. The van der Waals surface area contributed by atoms with Crippen LogP contribution in [-0.2, 0) is 19.1 Å². The van der Waals surface area contributed by atoms with Gasteiger partial charge in [-0.25, -0.2) is 4.79 Å². The lowest BCUT2D eigenvalue weighted by Gasteiger charge is -2.17. The molecule has 1 saturated carbocycles. The molecule has 0 aromatic carbocycles. The lowest BCUT2D eigenvalue weighted by Crippen LogP contribution is -2.28. The van der Waals surface area contributed by atoms with Crippen LogP contribution >= 0.6 is 0 Å². The molecule has 0 bridgehead atoms. The van der Waals surface area contributed by atoms with Crippen LogP contribution in [0.5, 0.6) is 0 Å². The Morgan fingerprint density at radius 1 is 1.17 bits per heavy atom. The number of hydrogen-bond donors (Lipinski definition) is 1. The monoisotopic (exact) mass is 422 g/mol. The van der Waals surface area contributed by atoms with E-state index in [9.17, 15) is 29.3 Å². The van der Waals surface area contributed by atoms with Crippen molar-refractivity contribution in [2.24, 2.45) is 17.8 Å². The molecule has 1 aromatic heterocycles. The molecule has 1 N–H and O–H groups in total. The lowest BCUT2D eigenvalue weighted by atomic mass is 9.88. The normalized spacial score (nSPS) is 20.8. The van der Waals surface area contributed by atoms with Gasteiger partial charge in [-0.3, -0.25) is 24.5 Å². The van der Waals surface area contributed by atoms with Crippen molar-refractivity contribution >= 4 is 23.5 Å². The Labute approximate surface area is 173 Å². The first kappa shape index (κ1) is 23.2. The molecule has 0 radical (unpaired) electrons. The highest BCUT2D eigenvalue weighted by Gasteiger charge is 2.44. The molecule has 1 heterocycles. The fraction of sp³-hybridized carbons (Fsp3) is 0.600. The molecule has 1 aliphatic rings. The van der Waals surface area contributed by atoms with Crippen LogP contribution in [0.15, 0.2) is 0 Å². The number of nitrogens with zero attached hydrogens (tertiary/aromatic N) is 1. The summed E-state index contributed by atoms with van der Waals surface area (Å²) in [6.45, 7) is 5.77. The standard InChI is InChI=1S/C20H26N2O8/c1-5-29-20(26)19-12(4)21-11(3)18(19)16(24)9-30-17(25)7-13-14(8-22(27)28)10(2)6-15(13)23/h10,13-14,21H,5-9H2,1-4H3/t10-,13-,14-/m1/s1. The number of nitro groups is 1. The van der Waals surface area contributed by atoms with Crippen LogP contribution in [0.4, 0.5) is 0 Å². The van der Waals surface area contributed by atoms with Crippen molar-refractivity contribution in [2.75, 3.05) is 19.8 Å². The van der Waals surface area contributed by atoms with Gasteiger partial charge in [-0.15, -0.1) is 0 Å². The van der Waals surface area contributed by atoms with Gasteiger partial charge < -0.3 is 14.5 Å². The van der Waals surface area contributed by atoms with E-state index in [1.165, 1.54) is 0 Å². The number of esters is 2. The highest BCUT2D eigenvalue weighted by atomic mass is 16.6. The molecule has 0 saturated heterocycles. The number of ketones is 2. The largest absolute Gasteiger partial charge is 0.462 e. The highest BCUT2D eigenvalue weighted by molar-refractivity contribution is 6.09. The zero-order chi connectivity index (χ0) is 22.6. The zero-order valence-electron chi connectivity index (χ0n) is 17.5. The summed E-state index contributed by atoms with van der Waals surface area (Å²) < 4.78 is 10.0. The number of aromatic nitrogens is 1. The molecule has 0 aliphatic heterocycles. The molecule has 0 spiro atoms.